The second-order valence-electron chi connectivity index (χ2n) is 7.90. The maximum atomic E-state index is 3.94. The minimum atomic E-state index is 0.731. The third kappa shape index (κ3) is 2.82. The molecule has 0 amide bonds. The zero-order valence-corrected chi connectivity index (χ0v) is 14.1. The van der Waals surface area contributed by atoms with Crippen LogP contribution in [0.2, 0.25) is 0 Å². The summed E-state index contributed by atoms with van der Waals surface area (Å²) in [5, 5.41) is 8.54. The Hall–Kier alpha value is -0.340. The predicted octanol–water partition coefficient (Wildman–Crippen LogP) is 4.73. The number of hydrogen-bond donors (Lipinski definition) is 1. The Morgan fingerprint density at radius 2 is 1.86 bits per heavy atom. The van der Waals surface area contributed by atoms with E-state index in [0.717, 1.165) is 35.6 Å². The Morgan fingerprint density at radius 3 is 2.43 bits per heavy atom. The van der Waals surface area contributed by atoms with Gasteiger partial charge in [-0.25, -0.2) is 0 Å². The number of nitrogens with one attached hydrogen (secondary N) is 1. The van der Waals surface area contributed by atoms with Crippen LogP contribution >= 0.6 is 11.3 Å². The molecular weight excluding hydrogens is 274 g/mol. The van der Waals surface area contributed by atoms with Gasteiger partial charge in [0.05, 0.1) is 0 Å². The standard InChI is InChI=1S/C19H29NS/c1-2-4-20-18(11-13-3-5-21-12-13)19-16-7-14-6-15(9-16)10-17(19)8-14/h3,5,12,14-20H,2,4,6-11H2,1H3. The SMILES string of the molecule is CCCNC(Cc1ccsc1)C1C2CC3CC(C2)CC1C3. The first-order valence-electron chi connectivity index (χ1n) is 9.08. The highest BCUT2D eigenvalue weighted by Gasteiger charge is 2.50. The van der Waals surface area contributed by atoms with E-state index in [2.05, 4.69) is 29.1 Å². The van der Waals surface area contributed by atoms with Crippen LogP contribution in [0.4, 0.5) is 0 Å². The average Bonchev–Trinajstić information content (AvgIpc) is 2.96. The van der Waals surface area contributed by atoms with Gasteiger partial charge in [0.15, 0.2) is 0 Å². The Morgan fingerprint density at radius 1 is 1.14 bits per heavy atom. The van der Waals surface area contributed by atoms with E-state index >= 15 is 0 Å². The van der Waals surface area contributed by atoms with Crippen molar-refractivity contribution in [3.63, 3.8) is 0 Å². The second kappa shape index (κ2) is 6.04. The first-order valence-corrected chi connectivity index (χ1v) is 10.0. The highest BCUT2D eigenvalue weighted by atomic mass is 32.1. The van der Waals surface area contributed by atoms with Gasteiger partial charge < -0.3 is 5.32 Å². The first-order chi connectivity index (χ1) is 10.3. The summed E-state index contributed by atoms with van der Waals surface area (Å²) in [7, 11) is 0. The van der Waals surface area contributed by atoms with Crippen molar-refractivity contribution in [3.05, 3.63) is 22.4 Å². The van der Waals surface area contributed by atoms with Crippen LogP contribution in [-0.4, -0.2) is 12.6 Å². The van der Waals surface area contributed by atoms with Gasteiger partial charge in [-0.1, -0.05) is 6.92 Å². The second-order valence-corrected chi connectivity index (χ2v) is 8.68. The normalized spacial score (nSPS) is 38.8. The third-order valence-corrected chi connectivity index (χ3v) is 7.19. The largest absolute Gasteiger partial charge is 0.313 e. The molecule has 1 aromatic heterocycles. The van der Waals surface area contributed by atoms with Gasteiger partial charge in [0.25, 0.3) is 0 Å². The van der Waals surface area contributed by atoms with Crippen LogP contribution < -0.4 is 5.32 Å². The van der Waals surface area contributed by atoms with Crippen LogP contribution in [-0.2, 0) is 6.42 Å². The molecule has 2 heteroatoms. The molecule has 4 saturated carbocycles. The molecular formula is C19H29NS. The van der Waals surface area contributed by atoms with Crippen LogP contribution in [0.5, 0.6) is 0 Å². The van der Waals surface area contributed by atoms with Crippen LogP contribution in [0.1, 0.15) is 51.0 Å². The topological polar surface area (TPSA) is 12.0 Å². The molecule has 4 fully saturated rings. The van der Waals surface area contributed by atoms with Gasteiger partial charge in [-0.15, -0.1) is 0 Å². The Kier molecular flexibility index (Phi) is 4.10. The van der Waals surface area contributed by atoms with E-state index in [4.69, 9.17) is 0 Å². The summed E-state index contributed by atoms with van der Waals surface area (Å²) in [5.74, 6) is 5.22. The smallest absolute Gasteiger partial charge is 0.0141 e. The molecule has 1 unspecified atom stereocenters. The van der Waals surface area contributed by atoms with E-state index in [-0.39, 0.29) is 0 Å². The van der Waals surface area contributed by atoms with Crippen LogP contribution in [0.3, 0.4) is 0 Å². The molecule has 0 aliphatic heterocycles. The lowest BCUT2D eigenvalue weighted by atomic mass is 9.50. The van der Waals surface area contributed by atoms with E-state index in [1.165, 1.54) is 19.4 Å². The summed E-state index contributed by atoms with van der Waals surface area (Å²) >= 11 is 1.85. The summed E-state index contributed by atoms with van der Waals surface area (Å²) in [4.78, 5) is 0. The molecule has 1 atom stereocenters. The molecule has 0 spiro atoms. The Labute approximate surface area is 133 Å². The van der Waals surface area contributed by atoms with Crippen molar-refractivity contribution in [3.8, 4) is 0 Å². The zero-order chi connectivity index (χ0) is 14.2. The van der Waals surface area contributed by atoms with E-state index in [1.54, 1.807) is 37.7 Å². The van der Waals surface area contributed by atoms with Crippen molar-refractivity contribution in [2.45, 2.75) is 57.9 Å². The van der Waals surface area contributed by atoms with Crippen LogP contribution in [0, 0.1) is 29.6 Å². The summed E-state index contributed by atoms with van der Waals surface area (Å²) in [6.45, 7) is 3.49. The van der Waals surface area contributed by atoms with Crippen LogP contribution in [0.25, 0.3) is 0 Å². The van der Waals surface area contributed by atoms with Gasteiger partial charge in [0.1, 0.15) is 0 Å². The lowest BCUT2D eigenvalue weighted by Gasteiger charge is -2.56. The van der Waals surface area contributed by atoms with Crippen molar-refractivity contribution in [2.24, 2.45) is 29.6 Å². The van der Waals surface area contributed by atoms with Gasteiger partial charge in [-0.3, -0.25) is 0 Å². The minimum absolute atomic E-state index is 0.731. The van der Waals surface area contributed by atoms with Crippen molar-refractivity contribution in [1.82, 2.24) is 5.32 Å². The summed E-state index contributed by atoms with van der Waals surface area (Å²) in [5.41, 5.74) is 1.56. The summed E-state index contributed by atoms with van der Waals surface area (Å²) in [6.07, 6.45) is 10.3. The van der Waals surface area contributed by atoms with Crippen molar-refractivity contribution < 1.29 is 0 Å². The van der Waals surface area contributed by atoms with Gasteiger partial charge in [-0.2, -0.15) is 11.3 Å². The molecule has 1 heterocycles. The zero-order valence-electron chi connectivity index (χ0n) is 13.3. The molecule has 0 aromatic carbocycles. The maximum Gasteiger partial charge on any atom is 0.0141 e. The molecule has 116 valence electrons. The molecule has 4 aliphatic carbocycles. The van der Waals surface area contributed by atoms with E-state index in [0.29, 0.717) is 0 Å². The maximum absolute atomic E-state index is 3.94. The van der Waals surface area contributed by atoms with Crippen molar-refractivity contribution >= 4 is 11.3 Å². The van der Waals surface area contributed by atoms with Gasteiger partial charge >= 0.3 is 0 Å². The van der Waals surface area contributed by atoms with E-state index < -0.39 is 0 Å². The molecule has 0 saturated heterocycles. The fourth-order valence-electron chi connectivity index (χ4n) is 5.96. The summed E-state index contributed by atoms with van der Waals surface area (Å²) < 4.78 is 0. The Balaban J connectivity index is 1.52. The molecule has 0 radical (unpaired) electrons. The number of thiophene rings is 1. The van der Waals surface area contributed by atoms with Gasteiger partial charge in [0, 0.05) is 6.04 Å². The molecule has 1 nitrogen and oxygen atoms in total. The highest BCUT2D eigenvalue weighted by Crippen LogP contribution is 2.57. The number of rotatable bonds is 6. The predicted molar refractivity (Wildman–Crippen MR) is 90.6 cm³/mol. The number of hydrogen-bond acceptors (Lipinski definition) is 2. The molecule has 1 aromatic rings. The minimum Gasteiger partial charge on any atom is -0.313 e. The van der Waals surface area contributed by atoms with Crippen molar-refractivity contribution in [2.75, 3.05) is 6.54 Å². The van der Waals surface area contributed by atoms with Gasteiger partial charge in [0.2, 0.25) is 0 Å². The monoisotopic (exact) mass is 303 g/mol. The lowest BCUT2D eigenvalue weighted by Crippen LogP contribution is -2.53. The Bertz CT molecular complexity index is 424. The fraction of sp³-hybridized carbons (Fsp3) is 0.789. The molecule has 4 aliphatic rings. The molecule has 5 rings (SSSR count). The van der Waals surface area contributed by atoms with E-state index in [9.17, 15) is 0 Å². The highest BCUT2D eigenvalue weighted by molar-refractivity contribution is 7.07. The molecule has 4 bridgehead atoms. The molecule has 1 N–H and O–H groups in total. The quantitative estimate of drug-likeness (QED) is 0.801. The average molecular weight is 304 g/mol. The van der Waals surface area contributed by atoms with E-state index in [1.807, 2.05) is 11.3 Å². The van der Waals surface area contributed by atoms with Crippen molar-refractivity contribution in [1.29, 1.82) is 0 Å². The first kappa shape index (κ1) is 14.3. The van der Waals surface area contributed by atoms with Crippen LogP contribution in [0.15, 0.2) is 16.8 Å². The summed E-state index contributed by atoms with van der Waals surface area (Å²) in [6, 6.07) is 3.07. The lowest BCUT2D eigenvalue weighted by molar-refractivity contribution is -0.0516. The third-order valence-electron chi connectivity index (χ3n) is 6.46. The van der Waals surface area contributed by atoms with Gasteiger partial charge in [-0.05, 0) is 103 Å². The molecule has 21 heavy (non-hydrogen) atoms. The fourth-order valence-corrected chi connectivity index (χ4v) is 6.64.